The Morgan fingerprint density at radius 3 is 2.47 bits per heavy atom. The Hall–Kier alpha value is -3.88. The maximum Gasteiger partial charge on any atom is 0.232 e. The van der Waals surface area contributed by atoms with Crippen molar-refractivity contribution in [2.45, 2.75) is 39.0 Å². The van der Waals surface area contributed by atoms with Crippen molar-refractivity contribution in [1.82, 2.24) is 15.0 Å². The van der Waals surface area contributed by atoms with Crippen LogP contribution in [0.25, 0.3) is 11.4 Å². The van der Waals surface area contributed by atoms with Gasteiger partial charge in [-0.1, -0.05) is 32.0 Å². The van der Waals surface area contributed by atoms with Gasteiger partial charge in [0, 0.05) is 36.2 Å². The number of nitrogens with zero attached hydrogens (tertiary/aromatic N) is 3. The number of hydrogen-bond donors (Lipinski definition) is 1. The molecular weight excluding hydrogens is 460 g/mol. The van der Waals surface area contributed by atoms with E-state index in [0.29, 0.717) is 48.4 Å². The summed E-state index contributed by atoms with van der Waals surface area (Å²) in [6, 6.07) is 13.0. The van der Waals surface area contributed by atoms with Crippen molar-refractivity contribution in [1.29, 1.82) is 0 Å². The van der Waals surface area contributed by atoms with Crippen molar-refractivity contribution in [3.8, 4) is 22.9 Å². The Morgan fingerprint density at radius 1 is 1.11 bits per heavy atom. The van der Waals surface area contributed by atoms with Crippen LogP contribution in [0, 0.1) is 5.92 Å². The number of anilines is 1. The molecule has 1 unspecified atom stereocenters. The average molecular weight is 493 g/mol. The number of carbonyl (C=O) groups is 2. The third-order valence-electron chi connectivity index (χ3n) is 6.18. The number of likely N-dealkylation sites (tertiary alicyclic amines) is 1. The van der Waals surface area contributed by atoms with E-state index in [-0.39, 0.29) is 23.7 Å². The van der Waals surface area contributed by atoms with Crippen LogP contribution in [-0.4, -0.2) is 54.2 Å². The van der Waals surface area contributed by atoms with Crippen molar-refractivity contribution >= 4 is 17.5 Å². The highest BCUT2D eigenvalue weighted by Crippen LogP contribution is 2.29. The summed E-state index contributed by atoms with van der Waals surface area (Å²) in [5.41, 5.74) is 2.25. The normalized spacial score (nSPS) is 15.8. The molecule has 3 aromatic rings. The Kier molecular flexibility index (Phi) is 7.28. The van der Waals surface area contributed by atoms with E-state index in [1.54, 1.807) is 31.3 Å². The highest BCUT2D eigenvalue weighted by molar-refractivity contribution is 5.97. The van der Waals surface area contributed by atoms with Crippen LogP contribution in [0.4, 0.5) is 5.69 Å². The van der Waals surface area contributed by atoms with Crippen molar-refractivity contribution < 1.29 is 23.6 Å². The number of nitrogens with one attached hydrogen (secondary N) is 1. The van der Waals surface area contributed by atoms with Crippen LogP contribution in [0.2, 0.25) is 0 Å². The van der Waals surface area contributed by atoms with Crippen LogP contribution in [0.3, 0.4) is 0 Å². The van der Waals surface area contributed by atoms with Crippen LogP contribution in [-0.2, 0) is 21.4 Å². The van der Waals surface area contributed by atoms with E-state index in [9.17, 15) is 9.59 Å². The van der Waals surface area contributed by atoms with Crippen molar-refractivity contribution in [2.75, 3.05) is 32.6 Å². The fourth-order valence-corrected chi connectivity index (χ4v) is 4.06. The summed E-state index contributed by atoms with van der Waals surface area (Å²) in [5, 5.41) is 6.97. The molecule has 1 atom stereocenters. The maximum atomic E-state index is 12.8. The summed E-state index contributed by atoms with van der Waals surface area (Å²) >= 11 is 0. The number of carbonyl (C=O) groups excluding carboxylic acids is 2. The molecule has 0 aliphatic carbocycles. The van der Waals surface area contributed by atoms with E-state index in [1.807, 2.05) is 51.1 Å². The van der Waals surface area contributed by atoms with E-state index >= 15 is 0 Å². The summed E-state index contributed by atoms with van der Waals surface area (Å²) in [7, 11) is 3.19. The minimum Gasteiger partial charge on any atom is -0.493 e. The highest BCUT2D eigenvalue weighted by atomic mass is 16.5. The molecular formula is C27H32N4O5. The Bertz CT molecular complexity index is 1230. The van der Waals surface area contributed by atoms with E-state index in [4.69, 9.17) is 14.0 Å². The molecule has 1 saturated heterocycles. The van der Waals surface area contributed by atoms with E-state index in [1.165, 1.54) is 0 Å². The monoisotopic (exact) mass is 492 g/mol. The highest BCUT2D eigenvalue weighted by Gasteiger charge is 2.34. The largest absolute Gasteiger partial charge is 0.493 e. The lowest BCUT2D eigenvalue weighted by Gasteiger charge is -2.17. The van der Waals surface area contributed by atoms with Gasteiger partial charge >= 0.3 is 0 Å². The van der Waals surface area contributed by atoms with Gasteiger partial charge in [0.05, 0.1) is 20.1 Å². The molecule has 4 rings (SSSR count). The SMILES string of the molecule is COc1ccc(CCN2CC(C(=O)Nc3ccc(-c4noc(C(C)(C)C)n4)cc3)CC2=O)cc1OC. The molecule has 9 heteroatoms. The van der Waals surface area contributed by atoms with Gasteiger partial charge in [0.25, 0.3) is 0 Å². The molecule has 9 nitrogen and oxygen atoms in total. The molecule has 1 fully saturated rings. The van der Waals surface area contributed by atoms with Crippen LogP contribution in [0.1, 0.15) is 38.6 Å². The van der Waals surface area contributed by atoms with Gasteiger partial charge in [0.15, 0.2) is 11.5 Å². The first-order chi connectivity index (χ1) is 17.2. The summed E-state index contributed by atoms with van der Waals surface area (Å²) < 4.78 is 16.0. The lowest BCUT2D eigenvalue weighted by molar-refractivity contribution is -0.128. The van der Waals surface area contributed by atoms with E-state index in [2.05, 4.69) is 15.5 Å². The Balaban J connectivity index is 1.32. The lowest BCUT2D eigenvalue weighted by atomic mass is 9.97. The van der Waals surface area contributed by atoms with Gasteiger partial charge in [-0.3, -0.25) is 9.59 Å². The second kappa shape index (κ2) is 10.4. The Morgan fingerprint density at radius 2 is 1.83 bits per heavy atom. The van der Waals surface area contributed by atoms with Crippen LogP contribution in [0.15, 0.2) is 47.0 Å². The third kappa shape index (κ3) is 5.67. The molecule has 1 N–H and O–H groups in total. The molecule has 1 aliphatic rings. The van der Waals surface area contributed by atoms with Crippen LogP contribution >= 0.6 is 0 Å². The van der Waals surface area contributed by atoms with Crippen molar-refractivity contribution in [2.24, 2.45) is 5.92 Å². The minimum absolute atomic E-state index is 0.0160. The lowest BCUT2D eigenvalue weighted by Crippen LogP contribution is -2.30. The molecule has 0 spiro atoms. The van der Waals surface area contributed by atoms with Crippen molar-refractivity contribution in [3.05, 3.63) is 53.9 Å². The fourth-order valence-electron chi connectivity index (χ4n) is 4.06. The van der Waals surface area contributed by atoms with Gasteiger partial charge in [0.1, 0.15) is 0 Å². The Labute approximate surface area is 210 Å². The van der Waals surface area contributed by atoms with Gasteiger partial charge in [-0.2, -0.15) is 4.98 Å². The molecule has 2 heterocycles. The molecule has 1 aromatic heterocycles. The predicted molar refractivity (Wildman–Crippen MR) is 135 cm³/mol. The first-order valence-corrected chi connectivity index (χ1v) is 11.9. The van der Waals surface area contributed by atoms with Crippen molar-refractivity contribution in [3.63, 3.8) is 0 Å². The fraction of sp³-hybridized carbons (Fsp3) is 0.407. The third-order valence-corrected chi connectivity index (χ3v) is 6.18. The average Bonchev–Trinajstić information content (AvgIpc) is 3.50. The van der Waals surface area contributed by atoms with Crippen LogP contribution in [0.5, 0.6) is 11.5 Å². The zero-order valence-electron chi connectivity index (χ0n) is 21.3. The molecule has 2 aromatic carbocycles. The second-order valence-electron chi connectivity index (χ2n) is 9.92. The number of aromatic nitrogens is 2. The summed E-state index contributed by atoms with van der Waals surface area (Å²) in [4.78, 5) is 31.6. The predicted octanol–water partition coefficient (Wildman–Crippen LogP) is 4.08. The smallest absolute Gasteiger partial charge is 0.232 e. The second-order valence-corrected chi connectivity index (χ2v) is 9.92. The maximum absolute atomic E-state index is 12.8. The number of benzene rings is 2. The van der Waals surface area contributed by atoms with Gasteiger partial charge in [-0.05, 0) is 48.4 Å². The number of rotatable bonds is 8. The molecule has 190 valence electrons. The molecule has 36 heavy (non-hydrogen) atoms. The van der Waals surface area contributed by atoms with E-state index < -0.39 is 5.92 Å². The summed E-state index contributed by atoms with van der Waals surface area (Å²) in [6.07, 6.45) is 0.864. The number of methoxy groups -OCH3 is 2. The zero-order chi connectivity index (χ0) is 25.9. The first kappa shape index (κ1) is 25.2. The van der Waals surface area contributed by atoms with E-state index in [0.717, 1.165) is 11.1 Å². The van der Waals surface area contributed by atoms with Gasteiger partial charge in [-0.25, -0.2) is 0 Å². The summed E-state index contributed by atoms with van der Waals surface area (Å²) in [5.74, 6) is 1.81. The molecule has 0 bridgehead atoms. The first-order valence-electron chi connectivity index (χ1n) is 11.9. The standard InChI is InChI=1S/C27H32N4O5/c1-27(2,3)26-29-24(30-36-26)18-7-9-20(10-8-18)28-25(33)19-15-23(32)31(16-19)13-12-17-6-11-21(34-4)22(14-17)35-5/h6-11,14,19H,12-13,15-16H2,1-5H3,(H,28,33). The molecule has 1 aliphatic heterocycles. The minimum atomic E-state index is -0.394. The summed E-state index contributed by atoms with van der Waals surface area (Å²) in [6.45, 7) is 6.96. The van der Waals surface area contributed by atoms with Gasteiger partial charge < -0.3 is 24.2 Å². The number of hydrogen-bond acceptors (Lipinski definition) is 7. The number of amides is 2. The quantitative estimate of drug-likeness (QED) is 0.505. The van der Waals surface area contributed by atoms with Gasteiger partial charge in [0.2, 0.25) is 23.5 Å². The zero-order valence-corrected chi connectivity index (χ0v) is 21.3. The van der Waals surface area contributed by atoms with Gasteiger partial charge in [-0.15, -0.1) is 0 Å². The number of ether oxygens (including phenoxy) is 2. The molecule has 0 saturated carbocycles. The molecule has 0 radical (unpaired) electrons. The topological polar surface area (TPSA) is 107 Å². The molecule has 2 amide bonds. The van der Waals surface area contributed by atoms with Crippen LogP contribution < -0.4 is 14.8 Å².